The Hall–Kier alpha value is -2.33. The molecule has 1 amide bonds. The first-order valence-corrected chi connectivity index (χ1v) is 8.96. The van der Waals surface area contributed by atoms with E-state index >= 15 is 0 Å². The predicted molar refractivity (Wildman–Crippen MR) is 103 cm³/mol. The lowest BCUT2D eigenvalue weighted by atomic mass is 10.0. The zero-order chi connectivity index (χ0) is 19.1. The van der Waals surface area contributed by atoms with Crippen LogP contribution in [0, 0.1) is 0 Å². The molecule has 2 aromatic rings. The second kappa shape index (κ2) is 6.76. The number of amides is 1. The number of benzene rings is 2. The van der Waals surface area contributed by atoms with Crippen LogP contribution in [0.15, 0.2) is 42.5 Å². The highest BCUT2D eigenvalue weighted by molar-refractivity contribution is 6.31. The van der Waals surface area contributed by atoms with Crippen molar-refractivity contribution in [1.29, 1.82) is 0 Å². The maximum Gasteiger partial charge on any atom is 0.313 e. The molecule has 0 N–H and O–H groups in total. The fourth-order valence-electron chi connectivity index (χ4n) is 2.97. The lowest BCUT2D eigenvalue weighted by Crippen LogP contribution is -2.27. The van der Waals surface area contributed by atoms with Gasteiger partial charge in [-0.25, -0.2) is 0 Å². The van der Waals surface area contributed by atoms with Crippen molar-refractivity contribution in [3.05, 3.63) is 64.2 Å². The zero-order valence-corrected chi connectivity index (χ0v) is 16.1. The van der Waals surface area contributed by atoms with Crippen LogP contribution in [0.25, 0.3) is 0 Å². The summed E-state index contributed by atoms with van der Waals surface area (Å²) in [4.78, 5) is 26.5. The Morgan fingerprint density at radius 3 is 2.42 bits per heavy atom. The molecule has 3 rings (SSSR count). The summed E-state index contributed by atoms with van der Waals surface area (Å²) in [6.07, 6.45) is 0. The summed E-state index contributed by atoms with van der Waals surface area (Å²) in [5.74, 6) is -0.664. The van der Waals surface area contributed by atoms with E-state index in [1.807, 2.05) is 58.0 Å². The van der Waals surface area contributed by atoms with Crippen LogP contribution in [0.2, 0.25) is 5.02 Å². The van der Waals surface area contributed by atoms with Crippen molar-refractivity contribution < 1.29 is 14.3 Å². The number of hydrogen-bond donors (Lipinski definition) is 0. The molecule has 0 fully saturated rings. The molecule has 0 bridgehead atoms. The summed E-state index contributed by atoms with van der Waals surface area (Å²) in [7, 11) is 0. The molecule has 1 aliphatic heterocycles. The van der Waals surface area contributed by atoms with Gasteiger partial charge in [0.1, 0.15) is 5.60 Å². The number of esters is 1. The van der Waals surface area contributed by atoms with E-state index in [2.05, 4.69) is 0 Å². The van der Waals surface area contributed by atoms with Crippen LogP contribution in [-0.2, 0) is 16.1 Å². The van der Waals surface area contributed by atoms with Gasteiger partial charge in [0, 0.05) is 16.3 Å². The Morgan fingerprint density at radius 1 is 1.15 bits per heavy atom. The first-order valence-electron chi connectivity index (χ1n) is 8.59. The molecule has 0 aliphatic carbocycles. The van der Waals surface area contributed by atoms with Crippen molar-refractivity contribution in [1.82, 2.24) is 0 Å². The van der Waals surface area contributed by atoms with Crippen LogP contribution >= 0.6 is 11.6 Å². The molecule has 2 aromatic carbocycles. The molecule has 1 unspecified atom stereocenters. The van der Waals surface area contributed by atoms with Gasteiger partial charge in [-0.3, -0.25) is 9.59 Å². The second-order valence-electron chi connectivity index (χ2n) is 7.54. The summed E-state index contributed by atoms with van der Waals surface area (Å²) >= 11 is 6.02. The molecular weight excluding hydrogens is 350 g/mol. The van der Waals surface area contributed by atoms with Gasteiger partial charge in [0.25, 0.3) is 5.91 Å². The molecular formula is C21H22ClNO3. The van der Waals surface area contributed by atoms with Gasteiger partial charge in [-0.2, -0.15) is 0 Å². The molecule has 5 heteroatoms. The van der Waals surface area contributed by atoms with Crippen LogP contribution < -0.4 is 4.90 Å². The topological polar surface area (TPSA) is 46.6 Å². The summed E-state index contributed by atoms with van der Waals surface area (Å²) in [6, 6.07) is 12.8. The van der Waals surface area contributed by atoms with Gasteiger partial charge in [-0.05, 0) is 69.2 Å². The van der Waals surface area contributed by atoms with Gasteiger partial charge in [-0.1, -0.05) is 23.7 Å². The monoisotopic (exact) mass is 371 g/mol. The van der Waals surface area contributed by atoms with Gasteiger partial charge in [0.15, 0.2) is 0 Å². The molecule has 1 heterocycles. The van der Waals surface area contributed by atoms with E-state index in [1.165, 1.54) is 0 Å². The Bertz CT molecular complexity index is 853. The highest BCUT2D eigenvalue weighted by atomic mass is 35.5. The van der Waals surface area contributed by atoms with Gasteiger partial charge in [0.05, 0.1) is 12.5 Å². The first-order chi connectivity index (χ1) is 12.2. The minimum atomic E-state index is -0.514. The number of carbonyl (C=O) groups is 2. The predicted octanol–water partition coefficient (Wildman–Crippen LogP) is 4.95. The number of fused-ring (bicyclic) bond motifs is 1. The Kier molecular flexibility index (Phi) is 4.80. The number of hydrogen-bond acceptors (Lipinski definition) is 3. The van der Waals surface area contributed by atoms with Gasteiger partial charge < -0.3 is 9.64 Å². The van der Waals surface area contributed by atoms with Crippen LogP contribution in [-0.4, -0.2) is 17.5 Å². The van der Waals surface area contributed by atoms with Crippen LogP contribution in [0.4, 0.5) is 5.69 Å². The van der Waals surface area contributed by atoms with Crippen molar-refractivity contribution in [2.45, 2.75) is 45.8 Å². The molecule has 1 aliphatic rings. The summed E-state index contributed by atoms with van der Waals surface area (Å²) < 4.78 is 5.44. The lowest BCUT2D eigenvalue weighted by molar-refractivity contribution is -0.156. The number of rotatable bonds is 3. The second-order valence-corrected chi connectivity index (χ2v) is 7.98. The van der Waals surface area contributed by atoms with E-state index in [-0.39, 0.29) is 17.8 Å². The third-order valence-electron chi connectivity index (χ3n) is 4.34. The zero-order valence-electron chi connectivity index (χ0n) is 15.4. The van der Waals surface area contributed by atoms with Gasteiger partial charge >= 0.3 is 5.97 Å². The fraction of sp³-hybridized carbons (Fsp3) is 0.333. The largest absolute Gasteiger partial charge is 0.460 e. The average molecular weight is 372 g/mol. The van der Waals surface area contributed by atoms with Crippen molar-refractivity contribution in [2.75, 3.05) is 4.90 Å². The Labute approximate surface area is 158 Å². The smallest absolute Gasteiger partial charge is 0.313 e. The maximum atomic E-state index is 12.6. The van der Waals surface area contributed by atoms with Crippen LogP contribution in [0.5, 0.6) is 0 Å². The molecule has 0 aromatic heterocycles. The molecule has 136 valence electrons. The van der Waals surface area contributed by atoms with Crippen molar-refractivity contribution in [3.8, 4) is 0 Å². The molecule has 0 saturated carbocycles. The SMILES string of the molecule is CC(C(=O)OC(C)(C)C)c1ccc(N2Cc3cc(Cl)ccc3C2=O)cc1. The van der Waals surface area contributed by atoms with Crippen molar-refractivity contribution in [3.63, 3.8) is 0 Å². The summed E-state index contributed by atoms with van der Waals surface area (Å²) in [6.45, 7) is 7.87. The normalized spacial score (nSPS) is 15.0. The van der Waals surface area contributed by atoms with Crippen molar-refractivity contribution in [2.24, 2.45) is 0 Å². The Balaban J connectivity index is 1.76. The third-order valence-corrected chi connectivity index (χ3v) is 4.57. The lowest BCUT2D eigenvalue weighted by Gasteiger charge is -2.23. The quantitative estimate of drug-likeness (QED) is 0.717. The third kappa shape index (κ3) is 3.75. The van der Waals surface area contributed by atoms with E-state index in [4.69, 9.17) is 16.3 Å². The minimum Gasteiger partial charge on any atom is -0.460 e. The molecule has 0 spiro atoms. The van der Waals surface area contributed by atoms with E-state index in [0.717, 1.165) is 16.8 Å². The molecule has 26 heavy (non-hydrogen) atoms. The standard InChI is InChI=1S/C21H22ClNO3/c1-13(20(25)26-21(2,3)4)14-5-8-17(9-6-14)23-12-15-11-16(22)7-10-18(15)19(23)24/h5-11,13H,12H2,1-4H3. The summed E-state index contributed by atoms with van der Waals surface area (Å²) in [5.41, 5.74) is 2.74. The highest BCUT2D eigenvalue weighted by Crippen LogP contribution is 2.31. The van der Waals surface area contributed by atoms with Crippen molar-refractivity contribution >= 4 is 29.2 Å². The van der Waals surface area contributed by atoms with Gasteiger partial charge in [-0.15, -0.1) is 0 Å². The summed E-state index contributed by atoms with van der Waals surface area (Å²) in [5, 5.41) is 0.625. The number of ether oxygens (including phenoxy) is 1. The molecule has 0 radical (unpaired) electrons. The van der Waals surface area contributed by atoms with E-state index in [0.29, 0.717) is 17.1 Å². The van der Waals surface area contributed by atoms with E-state index < -0.39 is 5.60 Å². The number of carbonyl (C=O) groups excluding carboxylic acids is 2. The number of nitrogens with zero attached hydrogens (tertiary/aromatic N) is 1. The fourth-order valence-corrected chi connectivity index (χ4v) is 3.16. The number of halogens is 1. The van der Waals surface area contributed by atoms with Gasteiger partial charge in [0.2, 0.25) is 0 Å². The Morgan fingerprint density at radius 2 is 1.81 bits per heavy atom. The van der Waals surface area contributed by atoms with E-state index in [9.17, 15) is 9.59 Å². The maximum absolute atomic E-state index is 12.6. The van der Waals surface area contributed by atoms with Crippen LogP contribution in [0.1, 0.15) is 55.1 Å². The molecule has 0 saturated heterocycles. The van der Waals surface area contributed by atoms with Crippen LogP contribution in [0.3, 0.4) is 0 Å². The number of anilines is 1. The highest BCUT2D eigenvalue weighted by Gasteiger charge is 2.29. The minimum absolute atomic E-state index is 0.0374. The first kappa shape index (κ1) is 18.5. The molecule has 1 atom stereocenters. The van der Waals surface area contributed by atoms with E-state index in [1.54, 1.807) is 17.0 Å². The average Bonchev–Trinajstić information content (AvgIpc) is 2.89. The molecule has 4 nitrogen and oxygen atoms in total.